The second kappa shape index (κ2) is 24.6. The fraction of sp³-hybridized carbons (Fsp3) is 0.968. The van der Waals surface area contributed by atoms with Gasteiger partial charge in [-0.15, -0.1) is 0 Å². The van der Waals surface area contributed by atoms with Crippen LogP contribution < -0.4 is 0 Å². The maximum atomic E-state index is 11.9. The maximum Gasteiger partial charge on any atom is 0.305 e. The molecule has 33 heavy (non-hydrogen) atoms. The van der Waals surface area contributed by atoms with Gasteiger partial charge in [-0.25, -0.2) is 0 Å². The normalized spacial score (nSPS) is 13.4. The molecule has 0 fully saturated rings. The maximum absolute atomic E-state index is 11.9. The molecule has 0 amide bonds. The van der Waals surface area contributed by atoms with Gasteiger partial charge in [0.15, 0.2) is 0 Å². The van der Waals surface area contributed by atoms with Gasteiger partial charge in [-0.3, -0.25) is 4.79 Å². The Labute approximate surface area is 209 Å². The van der Waals surface area contributed by atoms with Crippen LogP contribution in [-0.4, -0.2) is 12.6 Å². The van der Waals surface area contributed by atoms with Gasteiger partial charge in [0.1, 0.15) is 0 Å². The lowest BCUT2D eigenvalue weighted by Crippen LogP contribution is -2.08. The number of unbranched alkanes of at least 4 members (excludes halogenated alkanes) is 14. The lowest BCUT2D eigenvalue weighted by molar-refractivity contribution is -0.144. The Hall–Kier alpha value is -0.530. The van der Waals surface area contributed by atoms with E-state index in [0.29, 0.717) is 13.0 Å². The molecule has 0 radical (unpaired) electrons. The monoisotopic (exact) mass is 466 g/mol. The second-order valence-corrected chi connectivity index (χ2v) is 11.5. The van der Waals surface area contributed by atoms with E-state index in [2.05, 4.69) is 34.6 Å². The van der Waals surface area contributed by atoms with Crippen LogP contribution in [0, 0.1) is 17.8 Å². The first-order chi connectivity index (χ1) is 16.0. The zero-order chi connectivity index (χ0) is 24.6. The summed E-state index contributed by atoms with van der Waals surface area (Å²) < 4.78 is 5.46. The van der Waals surface area contributed by atoms with E-state index in [4.69, 9.17) is 4.74 Å². The fourth-order valence-corrected chi connectivity index (χ4v) is 4.87. The van der Waals surface area contributed by atoms with E-state index >= 15 is 0 Å². The molecule has 2 unspecified atom stereocenters. The van der Waals surface area contributed by atoms with Crippen LogP contribution in [0.5, 0.6) is 0 Å². The highest BCUT2D eigenvalue weighted by Crippen LogP contribution is 2.22. The van der Waals surface area contributed by atoms with Crippen molar-refractivity contribution in [3.8, 4) is 0 Å². The van der Waals surface area contributed by atoms with E-state index in [0.717, 1.165) is 30.6 Å². The van der Waals surface area contributed by atoms with Crippen LogP contribution in [0.1, 0.15) is 169 Å². The summed E-state index contributed by atoms with van der Waals surface area (Å²) in [5.74, 6) is 2.38. The highest BCUT2D eigenvalue weighted by molar-refractivity contribution is 5.69. The molecule has 0 saturated heterocycles. The van der Waals surface area contributed by atoms with Crippen molar-refractivity contribution in [3.63, 3.8) is 0 Å². The molecule has 0 aromatic carbocycles. The minimum absolute atomic E-state index is 0.0163. The average molecular weight is 467 g/mol. The highest BCUT2D eigenvalue weighted by Gasteiger charge is 2.10. The molecule has 0 bridgehead atoms. The summed E-state index contributed by atoms with van der Waals surface area (Å²) >= 11 is 0. The smallest absolute Gasteiger partial charge is 0.305 e. The number of ether oxygens (including phenoxy) is 1. The summed E-state index contributed by atoms with van der Waals surface area (Å²) in [4.78, 5) is 11.9. The quantitative estimate of drug-likeness (QED) is 0.0987. The molecule has 2 atom stereocenters. The lowest BCUT2D eigenvalue weighted by Gasteiger charge is -2.18. The highest BCUT2D eigenvalue weighted by atomic mass is 16.5. The number of carbonyl (C=O) groups excluding carboxylic acids is 1. The summed E-state index contributed by atoms with van der Waals surface area (Å²) in [7, 11) is 0. The molecule has 0 aromatic rings. The van der Waals surface area contributed by atoms with Crippen LogP contribution in [0.15, 0.2) is 0 Å². The molecule has 2 heteroatoms. The van der Waals surface area contributed by atoms with Gasteiger partial charge in [0, 0.05) is 6.42 Å². The van der Waals surface area contributed by atoms with Crippen LogP contribution in [0.25, 0.3) is 0 Å². The van der Waals surface area contributed by atoms with Crippen molar-refractivity contribution in [1.82, 2.24) is 0 Å². The van der Waals surface area contributed by atoms with E-state index in [9.17, 15) is 4.79 Å². The van der Waals surface area contributed by atoms with Crippen LogP contribution in [0.2, 0.25) is 0 Å². The Morgan fingerprint density at radius 2 is 1.03 bits per heavy atom. The molecule has 0 aromatic heterocycles. The zero-order valence-electron chi connectivity index (χ0n) is 23.6. The Kier molecular flexibility index (Phi) is 24.2. The Bertz CT molecular complexity index is 404. The largest absolute Gasteiger partial charge is 0.466 e. The number of hydrogen-bond donors (Lipinski definition) is 0. The first-order valence-electron chi connectivity index (χ1n) is 15.1. The van der Waals surface area contributed by atoms with Crippen LogP contribution in [0.3, 0.4) is 0 Å². The number of rotatable bonds is 25. The number of esters is 1. The molecule has 0 aliphatic carbocycles. The SMILES string of the molecule is CCCCCCCCCCCCCCCCCC(=O)OCCCC(C)CC(C)CCC(C)C. The van der Waals surface area contributed by atoms with Crippen LogP contribution in [-0.2, 0) is 9.53 Å². The van der Waals surface area contributed by atoms with Crippen molar-refractivity contribution < 1.29 is 9.53 Å². The van der Waals surface area contributed by atoms with Gasteiger partial charge < -0.3 is 4.74 Å². The van der Waals surface area contributed by atoms with Gasteiger partial charge in [0.05, 0.1) is 6.61 Å². The Morgan fingerprint density at radius 3 is 1.52 bits per heavy atom. The molecule has 0 aliphatic heterocycles. The molecule has 2 nitrogen and oxygen atoms in total. The minimum Gasteiger partial charge on any atom is -0.466 e. The third-order valence-corrected chi connectivity index (χ3v) is 7.13. The van der Waals surface area contributed by atoms with Gasteiger partial charge in [-0.1, -0.05) is 137 Å². The van der Waals surface area contributed by atoms with E-state index in [-0.39, 0.29) is 5.97 Å². The minimum atomic E-state index is 0.0163. The van der Waals surface area contributed by atoms with Crippen molar-refractivity contribution in [2.45, 2.75) is 169 Å². The van der Waals surface area contributed by atoms with E-state index < -0.39 is 0 Å². The van der Waals surface area contributed by atoms with Crippen molar-refractivity contribution in [1.29, 1.82) is 0 Å². The molecule has 0 aliphatic rings. The summed E-state index contributed by atoms with van der Waals surface area (Å²) in [6.45, 7) is 12.3. The summed E-state index contributed by atoms with van der Waals surface area (Å²) in [6, 6.07) is 0. The third kappa shape index (κ3) is 25.9. The van der Waals surface area contributed by atoms with Gasteiger partial charge in [0.2, 0.25) is 0 Å². The number of hydrogen-bond acceptors (Lipinski definition) is 2. The zero-order valence-corrected chi connectivity index (χ0v) is 23.6. The second-order valence-electron chi connectivity index (χ2n) is 11.5. The topological polar surface area (TPSA) is 26.3 Å². The van der Waals surface area contributed by atoms with Crippen molar-refractivity contribution in [2.24, 2.45) is 17.8 Å². The standard InChI is InChI=1S/C31H62O2/c1-6-7-8-9-10-11-12-13-14-15-16-17-18-19-20-23-31(32)33-26-21-22-29(4)27-30(5)25-24-28(2)3/h28-30H,6-27H2,1-5H3. The molecule has 0 N–H and O–H groups in total. The van der Waals surface area contributed by atoms with Gasteiger partial charge in [0.25, 0.3) is 0 Å². The Balaban J connectivity index is 3.33. The summed E-state index contributed by atoms with van der Waals surface area (Å²) in [6.07, 6.45) is 27.1. The lowest BCUT2D eigenvalue weighted by atomic mass is 9.89. The molecule has 0 saturated carbocycles. The summed E-state index contributed by atoms with van der Waals surface area (Å²) in [5, 5.41) is 0. The molecular formula is C31H62O2. The summed E-state index contributed by atoms with van der Waals surface area (Å²) in [5.41, 5.74) is 0. The van der Waals surface area contributed by atoms with Crippen molar-refractivity contribution in [2.75, 3.05) is 6.61 Å². The van der Waals surface area contributed by atoms with E-state index in [1.54, 1.807) is 0 Å². The number of carbonyl (C=O) groups is 1. The predicted molar refractivity (Wildman–Crippen MR) is 147 cm³/mol. The van der Waals surface area contributed by atoms with E-state index in [1.165, 1.54) is 116 Å². The van der Waals surface area contributed by atoms with Crippen LogP contribution >= 0.6 is 0 Å². The molecule has 0 spiro atoms. The van der Waals surface area contributed by atoms with Crippen molar-refractivity contribution >= 4 is 5.97 Å². The molecule has 0 heterocycles. The third-order valence-electron chi connectivity index (χ3n) is 7.13. The fourth-order valence-electron chi connectivity index (χ4n) is 4.87. The van der Waals surface area contributed by atoms with Crippen LogP contribution in [0.4, 0.5) is 0 Å². The van der Waals surface area contributed by atoms with Gasteiger partial charge >= 0.3 is 5.97 Å². The first-order valence-corrected chi connectivity index (χ1v) is 15.1. The van der Waals surface area contributed by atoms with Crippen molar-refractivity contribution in [3.05, 3.63) is 0 Å². The van der Waals surface area contributed by atoms with Gasteiger partial charge in [-0.2, -0.15) is 0 Å². The average Bonchev–Trinajstić information content (AvgIpc) is 2.78. The first kappa shape index (κ1) is 32.5. The predicted octanol–water partition coefficient (Wildman–Crippen LogP) is 10.7. The van der Waals surface area contributed by atoms with E-state index in [1.807, 2.05) is 0 Å². The molecular weight excluding hydrogens is 404 g/mol. The molecule has 0 rings (SSSR count). The Morgan fingerprint density at radius 1 is 0.576 bits per heavy atom. The molecule has 198 valence electrons. The van der Waals surface area contributed by atoms with Gasteiger partial charge in [-0.05, 0) is 43.4 Å².